The zero-order chi connectivity index (χ0) is 19.3. The third kappa shape index (κ3) is 4.48. The van der Waals surface area contributed by atoms with Gasteiger partial charge in [0.15, 0.2) is 11.5 Å². The smallest absolute Gasteiger partial charge is 0.240 e. The fourth-order valence-electron chi connectivity index (χ4n) is 3.13. The highest BCUT2D eigenvalue weighted by Crippen LogP contribution is 2.34. The molecule has 0 aliphatic carbocycles. The Morgan fingerprint density at radius 1 is 1.11 bits per heavy atom. The van der Waals surface area contributed by atoms with E-state index >= 15 is 0 Å². The van der Waals surface area contributed by atoms with Crippen LogP contribution in [-0.2, 0) is 11.3 Å². The lowest BCUT2D eigenvalue weighted by Gasteiger charge is -2.26. The van der Waals surface area contributed by atoms with E-state index in [-0.39, 0.29) is 18.5 Å². The highest BCUT2D eigenvalue weighted by Gasteiger charge is 2.19. The normalized spacial score (nSPS) is 13.8. The highest BCUT2D eigenvalue weighted by molar-refractivity contribution is 7.10. The first-order valence-corrected chi connectivity index (χ1v) is 10.9. The number of rotatable bonds is 7. The van der Waals surface area contributed by atoms with Gasteiger partial charge in [0.1, 0.15) is 13.2 Å². The molecule has 5 nitrogen and oxygen atoms in total. The van der Waals surface area contributed by atoms with Crippen LogP contribution in [0.25, 0.3) is 0 Å². The standard InChI is InChI=1S/C21H22N2O3S2/c1-15(20-5-3-11-28-20)22-21(24)14-23(13-17-4-2-10-27-17)16-6-7-18-19(12-16)26-9-8-25-18/h2-7,10-12,15H,8-9,13-14H2,1H3,(H,22,24). The molecule has 1 N–H and O–H groups in total. The second-order valence-corrected chi connectivity index (χ2v) is 8.58. The molecule has 1 unspecified atom stereocenters. The van der Waals surface area contributed by atoms with Gasteiger partial charge in [0.05, 0.1) is 19.1 Å². The Morgan fingerprint density at radius 2 is 1.89 bits per heavy atom. The summed E-state index contributed by atoms with van der Waals surface area (Å²) in [5.74, 6) is 1.47. The molecule has 2 aromatic heterocycles. The van der Waals surface area contributed by atoms with Gasteiger partial charge < -0.3 is 19.7 Å². The second-order valence-electron chi connectivity index (χ2n) is 6.57. The summed E-state index contributed by atoms with van der Waals surface area (Å²) < 4.78 is 11.3. The Kier molecular flexibility index (Phi) is 5.83. The number of carbonyl (C=O) groups is 1. The Balaban J connectivity index is 1.51. The third-order valence-electron chi connectivity index (χ3n) is 4.50. The lowest BCUT2D eigenvalue weighted by Crippen LogP contribution is -2.38. The molecule has 0 bridgehead atoms. The van der Waals surface area contributed by atoms with Gasteiger partial charge in [-0.2, -0.15) is 0 Å². The van der Waals surface area contributed by atoms with Crippen LogP contribution in [0.15, 0.2) is 53.2 Å². The van der Waals surface area contributed by atoms with Crippen molar-refractivity contribution in [2.45, 2.75) is 19.5 Å². The van der Waals surface area contributed by atoms with Crippen molar-refractivity contribution in [1.29, 1.82) is 0 Å². The van der Waals surface area contributed by atoms with E-state index in [2.05, 4.69) is 21.7 Å². The predicted molar refractivity (Wildman–Crippen MR) is 114 cm³/mol. The lowest BCUT2D eigenvalue weighted by atomic mass is 10.2. The van der Waals surface area contributed by atoms with E-state index in [1.807, 2.05) is 48.7 Å². The molecular formula is C21H22N2O3S2. The number of nitrogens with zero attached hydrogens (tertiary/aromatic N) is 1. The molecule has 1 amide bonds. The zero-order valence-corrected chi connectivity index (χ0v) is 17.2. The summed E-state index contributed by atoms with van der Waals surface area (Å²) in [6.07, 6.45) is 0. The molecular weight excluding hydrogens is 392 g/mol. The van der Waals surface area contributed by atoms with Crippen molar-refractivity contribution in [2.24, 2.45) is 0 Å². The Bertz CT molecular complexity index is 910. The van der Waals surface area contributed by atoms with Crippen molar-refractivity contribution in [3.05, 3.63) is 63.0 Å². The molecule has 1 atom stereocenters. The average Bonchev–Trinajstić information content (AvgIpc) is 3.41. The lowest BCUT2D eigenvalue weighted by molar-refractivity contribution is -0.120. The quantitative estimate of drug-likeness (QED) is 0.620. The van der Waals surface area contributed by atoms with Crippen molar-refractivity contribution in [3.8, 4) is 11.5 Å². The van der Waals surface area contributed by atoms with E-state index in [0.29, 0.717) is 19.8 Å². The minimum Gasteiger partial charge on any atom is -0.486 e. The first-order chi connectivity index (χ1) is 13.7. The largest absolute Gasteiger partial charge is 0.486 e. The number of carbonyl (C=O) groups excluding carboxylic acids is 1. The second kappa shape index (κ2) is 8.67. The van der Waals surface area contributed by atoms with Crippen molar-refractivity contribution < 1.29 is 14.3 Å². The Morgan fingerprint density at radius 3 is 2.64 bits per heavy atom. The SMILES string of the molecule is CC(NC(=O)CN(Cc1cccs1)c1ccc2c(c1)OCCO2)c1cccs1. The maximum absolute atomic E-state index is 12.7. The van der Waals surface area contributed by atoms with Gasteiger partial charge in [-0.25, -0.2) is 0 Å². The summed E-state index contributed by atoms with van der Waals surface area (Å²) in [5.41, 5.74) is 0.941. The van der Waals surface area contributed by atoms with Crippen LogP contribution in [0.1, 0.15) is 22.7 Å². The monoisotopic (exact) mass is 414 g/mol. The minimum absolute atomic E-state index is 0.00338. The molecule has 3 aromatic rings. The number of amides is 1. The van der Waals surface area contributed by atoms with Crippen LogP contribution in [0.3, 0.4) is 0 Å². The summed E-state index contributed by atoms with van der Waals surface area (Å²) in [6, 6.07) is 14.0. The summed E-state index contributed by atoms with van der Waals surface area (Å²) >= 11 is 3.34. The number of hydrogen-bond donors (Lipinski definition) is 1. The minimum atomic E-state index is -0.00709. The molecule has 0 fully saturated rings. The van der Waals surface area contributed by atoms with Gasteiger partial charge >= 0.3 is 0 Å². The van der Waals surface area contributed by atoms with E-state index in [4.69, 9.17) is 9.47 Å². The number of anilines is 1. The predicted octanol–water partition coefficient (Wildman–Crippen LogP) is 4.46. The molecule has 4 rings (SSSR count). The fourth-order valence-corrected chi connectivity index (χ4v) is 4.58. The molecule has 0 spiro atoms. The molecule has 7 heteroatoms. The van der Waals surface area contributed by atoms with Crippen LogP contribution in [0.4, 0.5) is 5.69 Å². The molecule has 0 saturated carbocycles. The Hall–Kier alpha value is -2.51. The number of nitrogens with one attached hydrogen (secondary N) is 1. The van der Waals surface area contributed by atoms with Gasteiger partial charge in [0.25, 0.3) is 0 Å². The van der Waals surface area contributed by atoms with Gasteiger partial charge in [-0.05, 0) is 41.9 Å². The molecule has 1 aliphatic heterocycles. The molecule has 28 heavy (non-hydrogen) atoms. The van der Waals surface area contributed by atoms with Gasteiger partial charge in [0.2, 0.25) is 5.91 Å². The maximum atomic E-state index is 12.7. The van der Waals surface area contributed by atoms with Crippen molar-refractivity contribution >= 4 is 34.3 Å². The van der Waals surface area contributed by atoms with Gasteiger partial charge in [-0.3, -0.25) is 4.79 Å². The summed E-state index contributed by atoms with van der Waals surface area (Å²) in [4.78, 5) is 17.2. The van der Waals surface area contributed by atoms with Crippen LogP contribution in [0.5, 0.6) is 11.5 Å². The van der Waals surface area contributed by atoms with E-state index in [1.54, 1.807) is 22.7 Å². The first kappa shape index (κ1) is 18.8. The summed E-state index contributed by atoms with van der Waals surface area (Å²) in [5, 5.41) is 7.18. The molecule has 146 valence electrons. The number of hydrogen-bond acceptors (Lipinski definition) is 6. The van der Waals surface area contributed by atoms with Gasteiger partial charge in [-0.15, -0.1) is 22.7 Å². The van der Waals surface area contributed by atoms with Crippen molar-refractivity contribution in [1.82, 2.24) is 5.32 Å². The van der Waals surface area contributed by atoms with E-state index in [1.165, 1.54) is 4.88 Å². The zero-order valence-electron chi connectivity index (χ0n) is 15.6. The molecule has 1 aliphatic rings. The van der Waals surface area contributed by atoms with E-state index in [0.717, 1.165) is 22.1 Å². The maximum Gasteiger partial charge on any atom is 0.240 e. The molecule has 1 aromatic carbocycles. The average molecular weight is 415 g/mol. The highest BCUT2D eigenvalue weighted by atomic mass is 32.1. The van der Waals surface area contributed by atoms with Crippen LogP contribution in [0, 0.1) is 0 Å². The fraction of sp³-hybridized carbons (Fsp3) is 0.286. The van der Waals surface area contributed by atoms with Crippen LogP contribution in [0.2, 0.25) is 0 Å². The number of thiophene rings is 2. The summed E-state index contributed by atoms with van der Waals surface area (Å²) in [7, 11) is 0. The topological polar surface area (TPSA) is 50.8 Å². The van der Waals surface area contributed by atoms with Crippen molar-refractivity contribution in [3.63, 3.8) is 0 Å². The van der Waals surface area contributed by atoms with Crippen LogP contribution < -0.4 is 19.7 Å². The molecule has 0 saturated heterocycles. The first-order valence-electron chi connectivity index (χ1n) is 9.19. The number of fused-ring (bicyclic) bond motifs is 1. The van der Waals surface area contributed by atoms with Gasteiger partial charge in [-0.1, -0.05) is 12.1 Å². The number of ether oxygens (including phenoxy) is 2. The molecule has 3 heterocycles. The number of benzene rings is 1. The molecule has 0 radical (unpaired) electrons. The van der Waals surface area contributed by atoms with E-state index in [9.17, 15) is 4.79 Å². The van der Waals surface area contributed by atoms with Crippen molar-refractivity contribution in [2.75, 3.05) is 24.7 Å². The Labute approximate surface area is 172 Å². The summed E-state index contributed by atoms with van der Waals surface area (Å²) in [6.45, 7) is 4.05. The van der Waals surface area contributed by atoms with Crippen LogP contribution in [-0.4, -0.2) is 25.7 Å². The van der Waals surface area contributed by atoms with Gasteiger partial charge in [0, 0.05) is 21.5 Å². The third-order valence-corrected chi connectivity index (χ3v) is 6.42. The van der Waals surface area contributed by atoms with E-state index < -0.39 is 0 Å². The van der Waals surface area contributed by atoms with Crippen LogP contribution >= 0.6 is 22.7 Å².